The number of amides is 2. The third kappa shape index (κ3) is 4.16. The first kappa shape index (κ1) is 16.4. The Bertz CT molecular complexity index is 529. The molecule has 0 fully saturated rings. The molecule has 0 bridgehead atoms. The summed E-state index contributed by atoms with van der Waals surface area (Å²) < 4.78 is 1.62. The number of nitro groups is 1. The van der Waals surface area contributed by atoms with Gasteiger partial charge in [-0.3, -0.25) is 10.1 Å². The third-order valence-corrected chi connectivity index (χ3v) is 3.65. The molecule has 112 valence electrons. The van der Waals surface area contributed by atoms with Crippen molar-refractivity contribution in [2.45, 2.75) is 40.2 Å². The summed E-state index contributed by atoms with van der Waals surface area (Å²) in [6.45, 7) is 7.69. The van der Waals surface area contributed by atoms with Crippen molar-refractivity contribution >= 4 is 22.4 Å². The van der Waals surface area contributed by atoms with E-state index >= 15 is 0 Å². The van der Waals surface area contributed by atoms with Crippen LogP contribution in [-0.4, -0.2) is 33.5 Å². The van der Waals surface area contributed by atoms with E-state index in [-0.39, 0.29) is 11.0 Å². The molecule has 0 aliphatic heterocycles. The highest BCUT2D eigenvalue weighted by molar-refractivity contribution is 7.12. The second-order valence-electron chi connectivity index (χ2n) is 4.28. The molecule has 1 aromatic rings. The minimum Gasteiger partial charge on any atom is -0.323 e. The van der Waals surface area contributed by atoms with E-state index in [1.807, 2.05) is 20.8 Å². The number of rotatable bonds is 6. The van der Waals surface area contributed by atoms with Crippen LogP contribution in [0.15, 0.2) is 11.2 Å². The van der Waals surface area contributed by atoms with E-state index in [2.05, 4.69) is 4.99 Å². The number of urea groups is 1. The number of carbonyl (C=O) groups excluding carboxylic acids is 1. The standard InChI is InChI=1S/C12H20N4O3S/c1-4-7-15(8-5-2)11(17)13-12-14(6-3)9-10(20-12)16(18)19/h9H,4-8H2,1-3H3. The van der Waals surface area contributed by atoms with Gasteiger partial charge in [0.1, 0.15) is 0 Å². The van der Waals surface area contributed by atoms with E-state index in [1.165, 1.54) is 6.20 Å². The molecule has 0 aromatic carbocycles. The van der Waals surface area contributed by atoms with Crippen LogP contribution in [0.5, 0.6) is 0 Å². The highest BCUT2D eigenvalue weighted by atomic mass is 32.1. The van der Waals surface area contributed by atoms with Gasteiger partial charge in [-0.25, -0.2) is 4.79 Å². The number of nitrogens with zero attached hydrogens (tertiary/aromatic N) is 4. The zero-order valence-corrected chi connectivity index (χ0v) is 12.9. The summed E-state index contributed by atoms with van der Waals surface area (Å²) >= 11 is 0.924. The van der Waals surface area contributed by atoms with Crippen molar-refractivity contribution in [2.24, 2.45) is 4.99 Å². The van der Waals surface area contributed by atoms with Gasteiger partial charge in [0.15, 0.2) is 0 Å². The first-order valence-corrected chi connectivity index (χ1v) is 7.53. The Morgan fingerprint density at radius 3 is 2.45 bits per heavy atom. The number of hydrogen-bond donors (Lipinski definition) is 0. The third-order valence-electron chi connectivity index (χ3n) is 2.68. The van der Waals surface area contributed by atoms with E-state index in [0.29, 0.717) is 24.4 Å². The topological polar surface area (TPSA) is 80.7 Å². The number of hydrogen-bond acceptors (Lipinski definition) is 4. The molecule has 1 aromatic heterocycles. The van der Waals surface area contributed by atoms with E-state index in [0.717, 1.165) is 24.2 Å². The summed E-state index contributed by atoms with van der Waals surface area (Å²) in [5.74, 6) is 0. The molecule has 1 rings (SSSR count). The van der Waals surface area contributed by atoms with Crippen molar-refractivity contribution in [3.63, 3.8) is 0 Å². The summed E-state index contributed by atoms with van der Waals surface area (Å²) in [7, 11) is 0. The van der Waals surface area contributed by atoms with E-state index in [4.69, 9.17) is 0 Å². The Kier molecular flexibility index (Phi) is 6.37. The average Bonchev–Trinajstić information content (AvgIpc) is 2.81. The first-order chi connectivity index (χ1) is 9.53. The Labute approximate surface area is 121 Å². The molecule has 0 spiro atoms. The molecule has 2 amide bonds. The fourth-order valence-electron chi connectivity index (χ4n) is 1.76. The molecule has 0 unspecified atom stereocenters. The van der Waals surface area contributed by atoms with Gasteiger partial charge in [0, 0.05) is 19.6 Å². The minimum atomic E-state index is -0.462. The van der Waals surface area contributed by atoms with Gasteiger partial charge in [0.25, 0.3) is 0 Å². The van der Waals surface area contributed by atoms with Crippen LogP contribution < -0.4 is 4.80 Å². The zero-order valence-electron chi connectivity index (χ0n) is 12.0. The van der Waals surface area contributed by atoms with Crippen molar-refractivity contribution in [1.29, 1.82) is 0 Å². The molecular formula is C12H20N4O3S. The molecule has 0 atom stereocenters. The van der Waals surface area contributed by atoms with Crippen LogP contribution in [0.2, 0.25) is 0 Å². The molecule has 7 nitrogen and oxygen atoms in total. The molecule has 8 heteroatoms. The van der Waals surface area contributed by atoms with Gasteiger partial charge in [-0.1, -0.05) is 13.8 Å². The van der Waals surface area contributed by atoms with E-state index in [1.54, 1.807) is 9.47 Å². The second-order valence-corrected chi connectivity index (χ2v) is 5.26. The number of carbonyl (C=O) groups is 1. The van der Waals surface area contributed by atoms with Crippen molar-refractivity contribution in [1.82, 2.24) is 9.47 Å². The van der Waals surface area contributed by atoms with Crippen molar-refractivity contribution < 1.29 is 9.72 Å². The van der Waals surface area contributed by atoms with Crippen LogP contribution in [0.4, 0.5) is 9.80 Å². The molecule has 20 heavy (non-hydrogen) atoms. The second kappa shape index (κ2) is 7.78. The maximum absolute atomic E-state index is 12.1. The zero-order chi connectivity index (χ0) is 15.1. The predicted octanol–water partition coefficient (Wildman–Crippen LogP) is 2.62. The maximum atomic E-state index is 12.1. The fourth-order valence-corrected chi connectivity index (χ4v) is 2.62. The summed E-state index contributed by atoms with van der Waals surface area (Å²) in [5, 5.41) is 10.8. The quantitative estimate of drug-likeness (QED) is 0.598. The van der Waals surface area contributed by atoms with Gasteiger partial charge in [0.2, 0.25) is 4.80 Å². The monoisotopic (exact) mass is 300 g/mol. The van der Waals surface area contributed by atoms with Crippen LogP contribution >= 0.6 is 11.3 Å². The van der Waals surface area contributed by atoms with E-state index in [9.17, 15) is 14.9 Å². The number of aryl methyl sites for hydroxylation is 1. The first-order valence-electron chi connectivity index (χ1n) is 6.71. The molecular weight excluding hydrogens is 280 g/mol. The average molecular weight is 300 g/mol. The minimum absolute atomic E-state index is 0.00377. The molecule has 0 aliphatic carbocycles. The lowest BCUT2D eigenvalue weighted by Crippen LogP contribution is -2.32. The highest BCUT2D eigenvalue weighted by Gasteiger charge is 2.15. The Morgan fingerprint density at radius 1 is 1.40 bits per heavy atom. The van der Waals surface area contributed by atoms with Crippen LogP contribution in [-0.2, 0) is 6.54 Å². The predicted molar refractivity (Wildman–Crippen MR) is 77.8 cm³/mol. The Balaban J connectivity index is 3.07. The lowest BCUT2D eigenvalue weighted by atomic mass is 10.4. The van der Waals surface area contributed by atoms with Gasteiger partial charge in [-0.05, 0) is 31.1 Å². The van der Waals surface area contributed by atoms with Gasteiger partial charge < -0.3 is 9.47 Å². The van der Waals surface area contributed by atoms with Crippen molar-refractivity contribution in [3.05, 3.63) is 21.1 Å². The van der Waals surface area contributed by atoms with Gasteiger partial charge in [0.05, 0.1) is 11.1 Å². The lowest BCUT2D eigenvalue weighted by molar-refractivity contribution is -0.380. The Morgan fingerprint density at radius 2 is 2.00 bits per heavy atom. The highest BCUT2D eigenvalue weighted by Crippen LogP contribution is 2.14. The molecule has 1 heterocycles. The molecule has 0 aliphatic rings. The lowest BCUT2D eigenvalue weighted by Gasteiger charge is -2.18. The molecule has 0 saturated heterocycles. The Hall–Kier alpha value is -1.70. The normalized spacial score (nSPS) is 11.7. The summed E-state index contributed by atoms with van der Waals surface area (Å²) in [5.41, 5.74) is 0. The largest absolute Gasteiger partial charge is 0.346 e. The fraction of sp³-hybridized carbons (Fsp3) is 0.667. The summed E-state index contributed by atoms with van der Waals surface area (Å²) in [6, 6.07) is -0.326. The number of thiazole rings is 1. The van der Waals surface area contributed by atoms with Crippen LogP contribution in [0.1, 0.15) is 33.6 Å². The summed E-state index contributed by atoms with van der Waals surface area (Å²) in [4.78, 5) is 28.5. The van der Waals surface area contributed by atoms with Crippen LogP contribution in [0.25, 0.3) is 0 Å². The summed E-state index contributed by atoms with van der Waals surface area (Å²) in [6.07, 6.45) is 3.14. The van der Waals surface area contributed by atoms with Crippen molar-refractivity contribution in [3.8, 4) is 0 Å². The van der Waals surface area contributed by atoms with Crippen LogP contribution in [0.3, 0.4) is 0 Å². The number of aromatic nitrogens is 1. The van der Waals surface area contributed by atoms with Crippen molar-refractivity contribution in [2.75, 3.05) is 13.1 Å². The smallest absolute Gasteiger partial charge is 0.323 e. The van der Waals surface area contributed by atoms with Gasteiger partial charge >= 0.3 is 11.0 Å². The van der Waals surface area contributed by atoms with Gasteiger partial charge in [-0.15, -0.1) is 0 Å². The molecule has 0 saturated carbocycles. The van der Waals surface area contributed by atoms with Gasteiger partial charge in [-0.2, -0.15) is 4.99 Å². The van der Waals surface area contributed by atoms with Crippen LogP contribution in [0, 0.1) is 10.1 Å². The SMILES string of the molecule is CCCN(CCC)C(=O)N=c1sc([N+](=O)[O-])cn1CC. The molecule has 0 N–H and O–H groups in total. The van der Waals surface area contributed by atoms with E-state index < -0.39 is 4.92 Å². The molecule has 0 radical (unpaired) electrons. The maximum Gasteiger partial charge on any atom is 0.346 e.